The molecule has 4 heterocycles. The predicted octanol–water partition coefficient (Wildman–Crippen LogP) is -0.860. The quantitative estimate of drug-likeness (QED) is 0.636. The average molecular weight is 373 g/mol. The Morgan fingerprint density at radius 1 is 1.52 bits per heavy atom. The summed E-state index contributed by atoms with van der Waals surface area (Å²) in [7, 11) is -1.24. The number of nitrogens with two attached hydrogens (primary N) is 1. The number of imidazole rings is 1. The summed E-state index contributed by atoms with van der Waals surface area (Å²) in [5, 5.41) is 0. The maximum absolute atomic E-state index is 12.2. The van der Waals surface area contributed by atoms with Gasteiger partial charge in [0.05, 0.1) is 12.9 Å². The summed E-state index contributed by atoms with van der Waals surface area (Å²) in [6.07, 6.45) is -1.58. The number of rotatable bonds is 2. The molecule has 0 bridgehead atoms. The highest BCUT2D eigenvalue weighted by atomic mass is 31.2. The van der Waals surface area contributed by atoms with Crippen molar-refractivity contribution in [1.29, 1.82) is 0 Å². The molecule has 2 aliphatic rings. The number of phosphoric acid groups is 1. The van der Waals surface area contributed by atoms with E-state index in [2.05, 4.69) is 9.97 Å². The van der Waals surface area contributed by atoms with Gasteiger partial charge >= 0.3 is 7.82 Å². The first-order valence-electron chi connectivity index (χ1n) is 7.35. The molecule has 0 radical (unpaired) electrons. The number of ether oxygens (including phenoxy) is 2. The van der Waals surface area contributed by atoms with E-state index in [1.165, 1.54) is 29.6 Å². The van der Waals surface area contributed by atoms with E-state index < -0.39 is 37.9 Å². The Labute approximate surface area is 140 Å². The molecule has 25 heavy (non-hydrogen) atoms. The molecule has 2 aromatic rings. The van der Waals surface area contributed by atoms with Gasteiger partial charge in [-0.2, -0.15) is 4.98 Å². The van der Waals surface area contributed by atoms with E-state index >= 15 is 0 Å². The lowest BCUT2D eigenvalue weighted by Gasteiger charge is -2.29. The zero-order chi connectivity index (χ0) is 17.9. The van der Waals surface area contributed by atoms with Gasteiger partial charge in [0.2, 0.25) is 5.95 Å². The van der Waals surface area contributed by atoms with Crippen LogP contribution in [0.5, 0.6) is 0 Å². The molecule has 2 saturated heterocycles. The maximum Gasteiger partial charge on any atom is 0.472 e. The Kier molecular flexibility index (Phi) is 3.72. The Morgan fingerprint density at radius 3 is 3.00 bits per heavy atom. The van der Waals surface area contributed by atoms with Gasteiger partial charge in [-0.3, -0.25) is 23.0 Å². The van der Waals surface area contributed by atoms with Crippen LogP contribution in [0.3, 0.4) is 0 Å². The van der Waals surface area contributed by atoms with Crippen LogP contribution in [0, 0.1) is 0 Å². The lowest BCUT2D eigenvalue weighted by molar-refractivity contribution is -0.0667. The normalized spacial score (nSPS) is 35.2. The van der Waals surface area contributed by atoms with Crippen molar-refractivity contribution in [2.75, 3.05) is 19.5 Å². The van der Waals surface area contributed by atoms with Crippen LogP contribution in [0.25, 0.3) is 11.2 Å². The number of aromatic nitrogens is 4. The van der Waals surface area contributed by atoms with Crippen LogP contribution in [0.2, 0.25) is 0 Å². The summed E-state index contributed by atoms with van der Waals surface area (Å²) in [5.41, 5.74) is 5.70. The first-order chi connectivity index (χ1) is 11.8. The van der Waals surface area contributed by atoms with Crippen LogP contribution in [0.15, 0.2) is 11.1 Å². The van der Waals surface area contributed by atoms with E-state index in [0.717, 1.165) is 0 Å². The van der Waals surface area contributed by atoms with E-state index in [9.17, 15) is 14.3 Å². The van der Waals surface area contributed by atoms with Crippen LogP contribution in [0.4, 0.5) is 5.95 Å². The van der Waals surface area contributed by atoms with E-state index in [4.69, 9.17) is 24.3 Å². The number of anilines is 1. The van der Waals surface area contributed by atoms with E-state index in [-0.39, 0.29) is 23.7 Å². The molecule has 0 aliphatic carbocycles. The third-order valence-corrected chi connectivity index (χ3v) is 5.31. The van der Waals surface area contributed by atoms with Crippen molar-refractivity contribution < 1.29 is 28.0 Å². The molecule has 1 unspecified atom stereocenters. The van der Waals surface area contributed by atoms with Gasteiger partial charge in [0.1, 0.15) is 18.3 Å². The molecule has 3 N–H and O–H groups in total. The highest BCUT2D eigenvalue weighted by Gasteiger charge is 2.53. The van der Waals surface area contributed by atoms with Crippen molar-refractivity contribution >= 4 is 24.9 Å². The van der Waals surface area contributed by atoms with Gasteiger partial charge in [-0.1, -0.05) is 0 Å². The van der Waals surface area contributed by atoms with E-state index in [0.29, 0.717) is 0 Å². The van der Waals surface area contributed by atoms with Gasteiger partial charge in [-0.05, 0) is 0 Å². The SMILES string of the molecule is CO[C@@H]1[C@@H]2OP(=O)(O)OC[C@H]2O[C@H]1n1cnc2c(=O)n(C)c(N)nc21. The highest BCUT2D eigenvalue weighted by Crippen LogP contribution is 2.53. The Hall–Kier alpha value is -1.82. The fourth-order valence-electron chi connectivity index (χ4n) is 3.04. The van der Waals surface area contributed by atoms with Gasteiger partial charge < -0.3 is 20.1 Å². The summed E-state index contributed by atoms with van der Waals surface area (Å²) < 4.78 is 35.5. The molecule has 2 fully saturated rings. The van der Waals surface area contributed by atoms with E-state index in [1.807, 2.05) is 0 Å². The summed E-state index contributed by atoms with van der Waals surface area (Å²) in [6.45, 7) is -0.126. The van der Waals surface area contributed by atoms with Gasteiger partial charge in [0.25, 0.3) is 5.56 Å². The molecule has 2 aliphatic heterocycles. The summed E-state index contributed by atoms with van der Waals surface area (Å²) >= 11 is 0. The molecule has 0 spiro atoms. The molecule has 136 valence electrons. The molecule has 2 aromatic heterocycles. The van der Waals surface area contributed by atoms with Crippen molar-refractivity contribution in [2.45, 2.75) is 24.5 Å². The van der Waals surface area contributed by atoms with Crippen LogP contribution in [-0.4, -0.2) is 56.0 Å². The molecule has 4 rings (SSSR count). The van der Waals surface area contributed by atoms with Crippen LogP contribution in [0.1, 0.15) is 6.23 Å². The summed E-state index contributed by atoms with van der Waals surface area (Å²) in [4.78, 5) is 30.0. The van der Waals surface area contributed by atoms with Gasteiger partial charge in [0.15, 0.2) is 17.4 Å². The smallest absolute Gasteiger partial charge is 0.374 e. The molecular weight excluding hydrogens is 357 g/mol. The molecular formula is C12H16N5O7P. The van der Waals surface area contributed by atoms with Crippen LogP contribution in [-0.2, 0) is 30.1 Å². The van der Waals surface area contributed by atoms with Crippen LogP contribution < -0.4 is 11.3 Å². The fourth-order valence-corrected chi connectivity index (χ4v) is 4.00. The number of fused-ring (bicyclic) bond motifs is 2. The molecule has 13 heteroatoms. The highest BCUT2D eigenvalue weighted by molar-refractivity contribution is 7.47. The third-order valence-electron chi connectivity index (χ3n) is 4.33. The minimum Gasteiger partial charge on any atom is -0.374 e. The zero-order valence-corrected chi connectivity index (χ0v) is 14.2. The summed E-state index contributed by atoms with van der Waals surface area (Å²) in [6, 6.07) is 0. The molecule has 0 saturated carbocycles. The number of hydrogen-bond donors (Lipinski definition) is 2. The van der Waals surface area contributed by atoms with E-state index in [1.54, 1.807) is 0 Å². The average Bonchev–Trinajstić information content (AvgIpc) is 3.12. The summed E-state index contributed by atoms with van der Waals surface area (Å²) in [5.74, 6) is 0.0167. The Balaban J connectivity index is 1.79. The predicted molar refractivity (Wildman–Crippen MR) is 82.5 cm³/mol. The first kappa shape index (κ1) is 16.6. The lowest BCUT2D eigenvalue weighted by atomic mass is 10.1. The largest absolute Gasteiger partial charge is 0.472 e. The second-order valence-electron chi connectivity index (χ2n) is 5.76. The third kappa shape index (κ3) is 2.49. The van der Waals surface area contributed by atoms with Crippen molar-refractivity contribution in [3.63, 3.8) is 0 Å². The van der Waals surface area contributed by atoms with Crippen LogP contribution >= 0.6 is 7.82 Å². The number of hydrogen-bond acceptors (Lipinski definition) is 9. The zero-order valence-electron chi connectivity index (χ0n) is 13.3. The van der Waals surface area contributed by atoms with Crippen molar-refractivity contribution in [1.82, 2.24) is 19.1 Å². The first-order valence-corrected chi connectivity index (χ1v) is 8.85. The van der Waals surface area contributed by atoms with Gasteiger partial charge in [-0.15, -0.1) is 0 Å². The number of methoxy groups -OCH3 is 1. The topological polar surface area (TPSA) is 153 Å². The Bertz CT molecular complexity index is 942. The Morgan fingerprint density at radius 2 is 2.28 bits per heavy atom. The number of nitrogen functional groups attached to an aromatic ring is 1. The maximum atomic E-state index is 12.2. The van der Waals surface area contributed by atoms with Gasteiger partial charge in [0, 0.05) is 14.2 Å². The number of phosphoric ester groups is 1. The minimum absolute atomic E-state index is 0.0167. The molecule has 5 atom stereocenters. The molecule has 0 amide bonds. The fraction of sp³-hybridized carbons (Fsp3) is 0.583. The van der Waals surface area contributed by atoms with Crippen molar-refractivity contribution in [3.8, 4) is 0 Å². The van der Waals surface area contributed by atoms with Crippen molar-refractivity contribution in [2.24, 2.45) is 7.05 Å². The minimum atomic E-state index is -4.15. The van der Waals surface area contributed by atoms with Crippen molar-refractivity contribution in [3.05, 3.63) is 16.7 Å². The van der Waals surface area contributed by atoms with Gasteiger partial charge in [-0.25, -0.2) is 9.55 Å². The lowest BCUT2D eigenvalue weighted by Crippen LogP contribution is -2.40. The molecule has 0 aromatic carbocycles. The second kappa shape index (κ2) is 5.59. The second-order valence-corrected chi connectivity index (χ2v) is 7.16. The monoisotopic (exact) mass is 373 g/mol. The standard InChI is InChI=1S/C12H16N5O7P/c1-16-10(18)6-9(15-12(16)13)17(4-14-6)11-8(21-2)7-5(23-11)3-22-25(19,20)24-7/h4-5,7-8,11H,3H2,1-2H3,(H2,13,15)(H,19,20)/t5-,7-,8-,11-/m1/s1. The number of nitrogens with zero attached hydrogens (tertiary/aromatic N) is 4. The molecule has 12 nitrogen and oxygen atoms in total.